The minimum absolute atomic E-state index is 0.0225. The van der Waals surface area contributed by atoms with Crippen LogP contribution in [0.3, 0.4) is 0 Å². The monoisotopic (exact) mass is 529 g/mol. The molecule has 0 bridgehead atoms. The van der Waals surface area contributed by atoms with Gasteiger partial charge in [0.1, 0.15) is 17.3 Å². The number of nitrogens with zero attached hydrogens (tertiary/aromatic N) is 3. The Labute approximate surface area is 223 Å². The van der Waals surface area contributed by atoms with Gasteiger partial charge in [-0.05, 0) is 74.4 Å². The molecular weight excluding hydrogens is 502 g/mol. The van der Waals surface area contributed by atoms with Crippen molar-refractivity contribution in [2.75, 3.05) is 26.0 Å². The highest BCUT2D eigenvalue weighted by molar-refractivity contribution is 7.18. The fourth-order valence-corrected chi connectivity index (χ4v) is 5.00. The van der Waals surface area contributed by atoms with Crippen LogP contribution in [-0.2, 0) is 4.79 Å². The van der Waals surface area contributed by atoms with Gasteiger partial charge in [0.25, 0.3) is 5.91 Å². The molecule has 0 spiro atoms. The van der Waals surface area contributed by atoms with Crippen LogP contribution in [0.25, 0.3) is 32.6 Å². The molecule has 38 heavy (non-hydrogen) atoms. The highest BCUT2D eigenvalue weighted by atomic mass is 32.1. The molecule has 3 aromatic carbocycles. The van der Waals surface area contributed by atoms with E-state index < -0.39 is 6.09 Å². The SMILES string of the molecule is Cc1nc2cc(NC(=O)Oc3ccc4nc(-c5c(C)cc(OCC(=O)N(C)C)cc5C)[nH]c4c3)ccc2s1. The summed E-state index contributed by atoms with van der Waals surface area (Å²) >= 11 is 1.61. The van der Waals surface area contributed by atoms with Crippen LogP contribution in [0.1, 0.15) is 16.1 Å². The summed E-state index contributed by atoms with van der Waals surface area (Å²) in [5, 5.41) is 3.73. The smallest absolute Gasteiger partial charge is 0.417 e. The van der Waals surface area contributed by atoms with Crippen LogP contribution < -0.4 is 14.8 Å². The van der Waals surface area contributed by atoms with E-state index in [0.29, 0.717) is 23.0 Å². The number of hydrogen-bond donors (Lipinski definition) is 2. The number of imidazole rings is 1. The number of benzene rings is 3. The number of aromatic amines is 1. The van der Waals surface area contributed by atoms with E-state index in [1.54, 1.807) is 43.6 Å². The molecule has 5 rings (SSSR count). The molecule has 0 unspecified atom stereocenters. The van der Waals surface area contributed by atoms with E-state index in [1.807, 2.05) is 51.1 Å². The highest BCUT2D eigenvalue weighted by Gasteiger charge is 2.15. The van der Waals surface area contributed by atoms with E-state index in [9.17, 15) is 9.59 Å². The van der Waals surface area contributed by atoms with Crippen molar-refractivity contribution >= 4 is 50.3 Å². The molecule has 2 aromatic heterocycles. The number of carbonyl (C=O) groups is 2. The molecule has 0 aliphatic carbocycles. The lowest BCUT2D eigenvalue weighted by molar-refractivity contribution is -0.130. The lowest BCUT2D eigenvalue weighted by Crippen LogP contribution is -2.27. The van der Waals surface area contributed by atoms with Crippen molar-refractivity contribution in [3.8, 4) is 22.9 Å². The Bertz CT molecular complexity index is 1660. The Balaban J connectivity index is 1.31. The van der Waals surface area contributed by atoms with Gasteiger partial charge in [-0.1, -0.05) is 0 Å². The van der Waals surface area contributed by atoms with Crippen LogP contribution in [-0.4, -0.2) is 52.6 Å². The normalized spacial score (nSPS) is 11.1. The molecule has 2 N–H and O–H groups in total. The molecule has 2 heterocycles. The van der Waals surface area contributed by atoms with Gasteiger partial charge in [-0.15, -0.1) is 11.3 Å². The van der Waals surface area contributed by atoms with Crippen molar-refractivity contribution in [2.24, 2.45) is 0 Å². The molecule has 0 aliphatic rings. The fraction of sp³-hybridized carbons (Fsp3) is 0.214. The van der Waals surface area contributed by atoms with E-state index in [-0.39, 0.29) is 12.5 Å². The average molecular weight is 530 g/mol. The van der Waals surface area contributed by atoms with Gasteiger partial charge in [-0.25, -0.2) is 14.8 Å². The molecule has 2 amide bonds. The maximum atomic E-state index is 12.5. The van der Waals surface area contributed by atoms with Crippen LogP contribution in [0, 0.1) is 20.8 Å². The van der Waals surface area contributed by atoms with Crippen molar-refractivity contribution in [3.63, 3.8) is 0 Å². The number of rotatable bonds is 6. The Morgan fingerprint density at radius 2 is 1.71 bits per heavy atom. The molecule has 0 atom stereocenters. The standard InChI is InChI=1S/C28H27N5O4S/c1-15-10-20(36-14-25(34)33(4)5)11-16(2)26(15)27-31-21-8-7-19(13-22(21)32-27)37-28(35)30-18-6-9-24-23(12-18)29-17(3)38-24/h6-13H,14H2,1-5H3,(H,30,35)(H,31,32). The number of anilines is 1. The molecule has 0 saturated carbocycles. The summed E-state index contributed by atoms with van der Waals surface area (Å²) in [6.07, 6.45) is -0.592. The zero-order valence-electron chi connectivity index (χ0n) is 21.7. The van der Waals surface area contributed by atoms with Crippen LogP contribution in [0.15, 0.2) is 48.5 Å². The number of nitrogens with one attached hydrogen (secondary N) is 2. The number of likely N-dealkylation sites (N-methyl/N-ethyl adjacent to an activating group) is 1. The van der Waals surface area contributed by atoms with Crippen molar-refractivity contribution in [1.82, 2.24) is 19.9 Å². The zero-order valence-corrected chi connectivity index (χ0v) is 22.5. The summed E-state index contributed by atoms with van der Waals surface area (Å²) in [5.41, 5.74) is 5.79. The lowest BCUT2D eigenvalue weighted by atomic mass is 10.0. The Kier molecular flexibility index (Phi) is 6.73. The van der Waals surface area contributed by atoms with E-state index in [0.717, 1.165) is 42.9 Å². The number of carbonyl (C=O) groups excluding carboxylic acids is 2. The number of hydrogen-bond acceptors (Lipinski definition) is 7. The largest absolute Gasteiger partial charge is 0.484 e. The van der Waals surface area contributed by atoms with Gasteiger partial charge < -0.3 is 19.4 Å². The van der Waals surface area contributed by atoms with Crippen LogP contribution in [0.5, 0.6) is 11.5 Å². The Hall–Kier alpha value is -4.44. The molecule has 5 aromatic rings. The third-order valence-electron chi connectivity index (χ3n) is 6.01. The number of H-pyrrole nitrogens is 1. The maximum Gasteiger partial charge on any atom is 0.417 e. The second kappa shape index (κ2) is 10.1. The molecule has 0 radical (unpaired) electrons. The van der Waals surface area contributed by atoms with E-state index in [4.69, 9.17) is 14.5 Å². The minimum atomic E-state index is -0.592. The van der Waals surface area contributed by atoms with Crippen LogP contribution in [0.2, 0.25) is 0 Å². The van der Waals surface area contributed by atoms with Crippen molar-refractivity contribution < 1.29 is 19.1 Å². The quantitative estimate of drug-likeness (QED) is 0.286. The highest BCUT2D eigenvalue weighted by Crippen LogP contribution is 2.32. The van der Waals surface area contributed by atoms with Crippen LogP contribution >= 0.6 is 11.3 Å². The first-order valence-electron chi connectivity index (χ1n) is 12.0. The zero-order chi connectivity index (χ0) is 27.0. The molecular formula is C28H27N5O4S. The third-order valence-corrected chi connectivity index (χ3v) is 6.96. The van der Waals surface area contributed by atoms with Gasteiger partial charge in [-0.2, -0.15) is 0 Å². The predicted octanol–water partition coefficient (Wildman–Crippen LogP) is 5.84. The first kappa shape index (κ1) is 25.2. The summed E-state index contributed by atoms with van der Waals surface area (Å²) in [6.45, 7) is 5.87. The molecule has 10 heteroatoms. The van der Waals surface area contributed by atoms with Gasteiger partial charge in [-0.3, -0.25) is 10.1 Å². The molecule has 0 saturated heterocycles. The number of thiazole rings is 1. The van der Waals surface area contributed by atoms with Crippen molar-refractivity contribution in [2.45, 2.75) is 20.8 Å². The number of fused-ring (bicyclic) bond motifs is 2. The second-order valence-corrected chi connectivity index (χ2v) is 10.4. The van der Waals surface area contributed by atoms with Crippen LogP contribution in [0.4, 0.5) is 10.5 Å². The summed E-state index contributed by atoms with van der Waals surface area (Å²) in [6, 6.07) is 14.6. The van der Waals surface area contributed by atoms with Gasteiger partial charge in [0, 0.05) is 31.4 Å². The minimum Gasteiger partial charge on any atom is -0.484 e. The lowest BCUT2D eigenvalue weighted by Gasteiger charge is -2.14. The van der Waals surface area contributed by atoms with Crippen molar-refractivity contribution in [3.05, 3.63) is 64.7 Å². The summed E-state index contributed by atoms with van der Waals surface area (Å²) in [7, 11) is 3.39. The Morgan fingerprint density at radius 3 is 2.45 bits per heavy atom. The van der Waals surface area contributed by atoms with Gasteiger partial charge in [0.05, 0.1) is 26.3 Å². The van der Waals surface area contributed by atoms with Gasteiger partial charge >= 0.3 is 6.09 Å². The predicted molar refractivity (Wildman–Crippen MR) is 149 cm³/mol. The Morgan fingerprint density at radius 1 is 0.947 bits per heavy atom. The van der Waals surface area contributed by atoms with E-state index in [2.05, 4.69) is 15.3 Å². The first-order chi connectivity index (χ1) is 18.2. The topological polar surface area (TPSA) is 109 Å². The number of aryl methyl sites for hydroxylation is 3. The number of amides is 2. The molecule has 194 valence electrons. The molecule has 0 aliphatic heterocycles. The first-order valence-corrected chi connectivity index (χ1v) is 12.8. The van der Waals surface area contributed by atoms with Gasteiger partial charge in [0.15, 0.2) is 6.61 Å². The molecule has 9 nitrogen and oxygen atoms in total. The average Bonchev–Trinajstić information content (AvgIpc) is 3.43. The fourth-order valence-electron chi connectivity index (χ4n) is 4.20. The van der Waals surface area contributed by atoms with E-state index >= 15 is 0 Å². The maximum absolute atomic E-state index is 12.5. The number of aromatic nitrogens is 3. The second-order valence-electron chi connectivity index (χ2n) is 9.20. The summed E-state index contributed by atoms with van der Waals surface area (Å²) in [4.78, 5) is 38.4. The number of ether oxygens (including phenoxy) is 2. The van der Waals surface area contributed by atoms with Gasteiger partial charge in [0.2, 0.25) is 0 Å². The van der Waals surface area contributed by atoms with E-state index in [1.165, 1.54) is 4.90 Å². The molecule has 0 fully saturated rings. The summed E-state index contributed by atoms with van der Waals surface area (Å²) < 4.78 is 12.3. The third kappa shape index (κ3) is 5.30. The van der Waals surface area contributed by atoms with Crippen molar-refractivity contribution in [1.29, 1.82) is 0 Å². The summed E-state index contributed by atoms with van der Waals surface area (Å²) in [5.74, 6) is 1.60.